The smallest absolute Gasteiger partial charge is 0.449 e. The van der Waals surface area contributed by atoms with E-state index in [9.17, 15) is 35.9 Å². The second-order valence-corrected chi connectivity index (χ2v) is 12.7. The molecule has 0 aliphatic heterocycles. The number of halogens is 4. The van der Waals surface area contributed by atoms with E-state index in [1.807, 2.05) is 6.07 Å². The first-order valence-electron chi connectivity index (χ1n) is 13.4. The number of aliphatic carboxylic acids is 1. The van der Waals surface area contributed by atoms with Gasteiger partial charge in [0.2, 0.25) is 15.8 Å². The predicted octanol–water partition coefficient (Wildman–Crippen LogP) is 8.01. The summed E-state index contributed by atoms with van der Waals surface area (Å²) in [5.74, 6) is -3.06. The molecular formula is C33H27F4NO5S. The summed E-state index contributed by atoms with van der Waals surface area (Å²) < 4.78 is 88.2. The summed E-state index contributed by atoms with van der Waals surface area (Å²) in [6, 6.07) is 24.0. The third-order valence-electron chi connectivity index (χ3n) is 7.49. The molecule has 0 saturated heterocycles. The van der Waals surface area contributed by atoms with Gasteiger partial charge in [-0.3, -0.25) is 4.79 Å². The largest absolute Gasteiger partial charge is 0.481 e. The summed E-state index contributed by atoms with van der Waals surface area (Å²) in [7, 11) is -4.39. The molecule has 0 atom stereocenters. The van der Waals surface area contributed by atoms with E-state index in [-0.39, 0.29) is 28.0 Å². The maximum Gasteiger partial charge on any atom is 0.449 e. The van der Waals surface area contributed by atoms with Gasteiger partial charge in [0, 0.05) is 17.3 Å². The molecule has 4 aromatic carbocycles. The van der Waals surface area contributed by atoms with Gasteiger partial charge in [-0.25, -0.2) is 12.8 Å². The standard InChI is InChI=1S/C33H27F4NO5S/c1-32(2,31(39)40)24-7-5-6-23(18-24)22-12-10-21(11-13-22)19-38(20-25-14-17-30(43-25)33(35,36)37)44(41,42)29-16-15-28(34)26-8-3-4-9-27(26)29/h3-18H,19-20H2,1-2H3,(H,39,40). The number of rotatable bonds is 9. The van der Waals surface area contributed by atoms with Crippen molar-refractivity contribution in [1.82, 2.24) is 4.31 Å². The van der Waals surface area contributed by atoms with Crippen LogP contribution in [0.3, 0.4) is 0 Å². The molecule has 5 aromatic rings. The lowest BCUT2D eigenvalue weighted by Crippen LogP contribution is -2.30. The average Bonchev–Trinajstić information content (AvgIpc) is 3.47. The molecule has 0 bridgehead atoms. The maximum absolute atomic E-state index is 14.5. The number of carboxylic acids is 1. The van der Waals surface area contributed by atoms with Crippen LogP contribution < -0.4 is 0 Å². The molecular weight excluding hydrogens is 598 g/mol. The van der Waals surface area contributed by atoms with Crippen molar-refractivity contribution < 1.29 is 40.3 Å². The number of carbonyl (C=O) groups is 1. The van der Waals surface area contributed by atoms with E-state index in [0.717, 1.165) is 39.7 Å². The lowest BCUT2D eigenvalue weighted by molar-refractivity contribution is -0.153. The van der Waals surface area contributed by atoms with Gasteiger partial charge in [-0.05, 0) is 60.4 Å². The Hall–Kier alpha value is -4.48. The van der Waals surface area contributed by atoms with Crippen molar-refractivity contribution in [2.45, 2.75) is 43.4 Å². The fourth-order valence-corrected chi connectivity index (χ4v) is 6.42. The van der Waals surface area contributed by atoms with Gasteiger partial charge < -0.3 is 9.52 Å². The van der Waals surface area contributed by atoms with Crippen LogP contribution in [0.1, 0.15) is 36.5 Å². The highest BCUT2D eigenvalue weighted by Crippen LogP contribution is 2.34. The zero-order chi connectivity index (χ0) is 31.9. The molecule has 1 heterocycles. The molecule has 11 heteroatoms. The van der Waals surface area contributed by atoms with Crippen LogP contribution in [0, 0.1) is 5.82 Å². The van der Waals surface area contributed by atoms with Gasteiger partial charge in [0.1, 0.15) is 11.6 Å². The molecule has 228 valence electrons. The van der Waals surface area contributed by atoms with Crippen LogP contribution >= 0.6 is 0 Å². The average molecular weight is 626 g/mol. The molecule has 0 radical (unpaired) electrons. The summed E-state index contributed by atoms with van der Waals surface area (Å²) >= 11 is 0. The fourth-order valence-electron chi connectivity index (χ4n) is 4.83. The van der Waals surface area contributed by atoms with Crippen molar-refractivity contribution >= 4 is 26.8 Å². The van der Waals surface area contributed by atoms with Crippen molar-refractivity contribution in [1.29, 1.82) is 0 Å². The van der Waals surface area contributed by atoms with E-state index in [1.54, 1.807) is 68.4 Å². The van der Waals surface area contributed by atoms with E-state index >= 15 is 0 Å². The highest BCUT2D eigenvalue weighted by atomic mass is 32.2. The Morgan fingerprint density at radius 3 is 2.14 bits per heavy atom. The number of carboxylic acid groups (broad SMARTS) is 1. The number of nitrogens with zero attached hydrogens (tertiary/aromatic N) is 1. The number of alkyl halides is 3. The number of fused-ring (bicyclic) bond motifs is 1. The molecule has 6 nitrogen and oxygen atoms in total. The third kappa shape index (κ3) is 6.11. The minimum Gasteiger partial charge on any atom is -0.481 e. The molecule has 5 rings (SSSR count). The Morgan fingerprint density at radius 1 is 0.818 bits per heavy atom. The molecule has 1 aromatic heterocycles. The maximum atomic E-state index is 14.5. The zero-order valence-electron chi connectivity index (χ0n) is 23.6. The zero-order valence-corrected chi connectivity index (χ0v) is 24.4. The van der Waals surface area contributed by atoms with Gasteiger partial charge in [-0.2, -0.15) is 17.5 Å². The number of benzene rings is 4. The second kappa shape index (κ2) is 11.5. The third-order valence-corrected chi connectivity index (χ3v) is 9.34. The molecule has 0 aliphatic carbocycles. The quantitative estimate of drug-likeness (QED) is 0.168. The van der Waals surface area contributed by atoms with Crippen LogP contribution in [0.2, 0.25) is 0 Å². The monoisotopic (exact) mass is 625 g/mol. The summed E-state index contributed by atoms with van der Waals surface area (Å²) in [5, 5.41) is 9.83. The van der Waals surface area contributed by atoms with Gasteiger partial charge in [0.15, 0.2) is 0 Å². The van der Waals surface area contributed by atoms with Crippen molar-refractivity contribution in [3.05, 3.63) is 126 Å². The van der Waals surface area contributed by atoms with Crippen LogP contribution in [-0.4, -0.2) is 23.8 Å². The minimum atomic E-state index is -4.75. The fraction of sp³-hybridized carbons (Fsp3) is 0.182. The van der Waals surface area contributed by atoms with Gasteiger partial charge in [0.25, 0.3) is 0 Å². The molecule has 0 spiro atoms. The number of hydrogen-bond donors (Lipinski definition) is 1. The van der Waals surface area contributed by atoms with Crippen LogP contribution in [0.25, 0.3) is 21.9 Å². The van der Waals surface area contributed by atoms with Crippen LogP contribution in [0.4, 0.5) is 17.6 Å². The molecule has 0 saturated carbocycles. The first-order valence-corrected chi connectivity index (χ1v) is 14.9. The Morgan fingerprint density at radius 2 is 1.50 bits per heavy atom. The molecule has 0 aliphatic rings. The van der Waals surface area contributed by atoms with E-state index in [2.05, 4.69) is 0 Å². The van der Waals surface area contributed by atoms with Crippen molar-refractivity contribution in [3.8, 4) is 11.1 Å². The van der Waals surface area contributed by atoms with Crippen LogP contribution in [-0.2, 0) is 39.5 Å². The Balaban J connectivity index is 1.51. The topological polar surface area (TPSA) is 87.8 Å². The lowest BCUT2D eigenvalue weighted by Gasteiger charge is -2.23. The van der Waals surface area contributed by atoms with Gasteiger partial charge in [-0.15, -0.1) is 0 Å². The van der Waals surface area contributed by atoms with E-state index in [1.165, 1.54) is 12.1 Å². The SMILES string of the molecule is CC(C)(C(=O)O)c1cccc(-c2ccc(CN(Cc3ccc(C(F)(F)F)o3)S(=O)(=O)c3ccc(F)c4ccccc34)cc2)c1. The van der Waals surface area contributed by atoms with Crippen molar-refractivity contribution in [3.63, 3.8) is 0 Å². The Labute approximate surface area is 251 Å². The molecule has 0 unspecified atom stereocenters. The first-order chi connectivity index (χ1) is 20.7. The number of furan rings is 1. The summed E-state index contributed by atoms with van der Waals surface area (Å²) in [6.07, 6.45) is -4.75. The molecule has 0 amide bonds. The summed E-state index contributed by atoms with van der Waals surface area (Å²) in [6.45, 7) is 2.46. The van der Waals surface area contributed by atoms with Gasteiger partial charge >= 0.3 is 12.1 Å². The molecule has 0 fully saturated rings. The van der Waals surface area contributed by atoms with Crippen molar-refractivity contribution in [2.24, 2.45) is 0 Å². The highest BCUT2D eigenvalue weighted by Gasteiger charge is 2.36. The van der Waals surface area contributed by atoms with E-state index < -0.39 is 45.7 Å². The summed E-state index contributed by atoms with van der Waals surface area (Å²) in [4.78, 5) is 11.5. The summed E-state index contributed by atoms with van der Waals surface area (Å²) in [5.41, 5.74) is 1.51. The van der Waals surface area contributed by atoms with Crippen LogP contribution in [0.5, 0.6) is 0 Å². The van der Waals surface area contributed by atoms with Crippen LogP contribution in [0.15, 0.2) is 106 Å². The first kappa shape index (κ1) is 31.0. The normalized spacial score (nSPS) is 12.6. The Bertz CT molecular complexity index is 1950. The van der Waals surface area contributed by atoms with Crippen molar-refractivity contribution in [2.75, 3.05) is 0 Å². The van der Waals surface area contributed by atoms with Gasteiger partial charge in [0.05, 0.1) is 16.9 Å². The predicted molar refractivity (Wildman–Crippen MR) is 157 cm³/mol. The van der Waals surface area contributed by atoms with E-state index in [4.69, 9.17) is 4.42 Å². The van der Waals surface area contributed by atoms with E-state index in [0.29, 0.717) is 11.1 Å². The van der Waals surface area contributed by atoms with Gasteiger partial charge in [-0.1, -0.05) is 72.8 Å². The second-order valence-electron chi connectivity index (χ2n) is 10.8. The number of hydrogen-bond acceptors (Lipinski definition) is 4. The Kier molecular flexibility index (Phi) is 8.13. The highest BCUT2D eigenvalue weighted by molar-refractivity contribution is 7.89. The lowest BCUT2D eigenvalue weighted by atomic mass is 9.83. The molecule has 44 heavy (non-hydrogen) atoms. The molecule has 1 N–H and O–H groups in total. The minimum absolute atomic E-state index is 0.0866. The number of sulfonamides is 1.